The first-order chi connectivity index (χ1) is 13.0. The lowest BCUT2D eigenvalue weighted by Gasteiger charge is -2.15. The molecule has 0 bridgehead atoms. The van der Waals surface area contributed by atoms with Gasteiger partial charge in [0.15, 0.2) is 11.5 Å². The molecule has 0 atom stereocenters. The maximum Gasteiger partial charge on any atom is 0.255 e. The Morgan fingerprint density at radius 1 is 1.11 bits per heavy atom. The standard InChI is InChI=1S/C20H19ClN2O4/c1-12(24)23-6-5-13-9-14(3-4-17(13)23)20(25)22-16-11-19-18(10-15(16)21)26-7-2-8-27-19/h3-4,9-11H,2,5-8H2,1H3,(H,22,25). The minimum absolute atomic E-state index is 0.00456. The Hall–Kier alpha value is -2.73. The van der Waals surface area contributed by atoms with Gasteiger partial charge >= 0.3 is 0 Å². The van der Waals surface area contributed by atoms with Gasteiger partial charge in [0.05, 0.1) is 23.9 Å². The summed E-state index contributed by atoms with van der Waals surface area (Å²) < 4.78 is 11.3. The summed E-state index contributed by atoms with van der Waals surface area (Å²) in [5.41, 5.74) is 2.84. The third-order valence-corrected chi connectivity index (χ3v) is 5.02. The van der Waals surface area contributed by atoms with E-state index in [1.165, 1.54) is 0 Å². The largest absolute Gasteiger partial charge is 0.490 e. The molecule has 0 radical (unpaired) electrons. The molecule has 0 fully saturated rings. The Bertz CT molecular complexity index is 928. The van der Waals surface area contributed by atoms with Gasteiger partial charge in [0.2, 0.25) is 5.91 Å². The Labute approximate surface area is 162 Å². The molecular formula is C20H19ClN2O4. The summed E-state index contributed by atoms with van der Waals surface area (Å²) in [6.07, 6.45) is 1.53. The Kier molecular flexibility index (Phi) is 4.66. The zero-order valence-corrected chi connectivity index (χ0v) is 15.6. The summed E-state index contributed by atoms with van der Waals surface area (Å²) in [6, 6.07) is 8.70. The van der Waals surface area contributed by atoms with Gasteiger partial charge in [-0.1, -0.05) is 11.6 Å². The van der Waals surface area contributed by atoms with Crippen molar-refractivity contribution in [3.63, 3.8) is 0 Å². The van der Waals surface area contributed by atoms with Gasteiger partial charge < -0.3 is 19.7 Å². The molecule has 0 saturated heterocycles. The van der Waals surface area contributed by atoms with Crippen molar-refractivity contribution >= 4 is 34.8 Å². The highest BCUT2D eigenvalue weighted by Crippen LogP contribution is 2.38. The minimum atomic E-state index is -0.268. The van der Waals surface area contributed by atoms with Crippen molar-refractivity contribution in [2.75, 3.05) is 30.0 Å². The molecule has 0 aromatic heterocycles. The molecule has 27 heavy (non-hydrogen) atoms. The fourth-order valence-electron chi connectivity index (χ4n) is 3.34. The van der Waals surface area contributed by atoms with Crippen LogP contribution in [0.2, 0.25) is 5.02 Å². The van der Waals surface area contributed by atoms with Crippen molar-refractivity contribution in [2.45, 2.75) is 19.8 Å². The van der Waals surface area contributed by atoms with Gasteiger partial charge in [-0.25, -0.2) is 0 Å². The second-order valence-corrected chi connectivity index (χ2v) is 6.95. The number of fused-ring (bicyclic) bond motifs is 2. The van der Waals surface area contributed by atoms with Crippen molar-refractivity contribution in [1.82, 2.24) is 0 Å². The summed E-state index contributed by atoms with van der Waals surface area (Å²) in [6.45, 7) is 3.31. The van der Waals surface area contributed by atoms with Crippen LogP contribution in [0.5, 0.6) is 11.5 Å². The minimum Gasteiger partial charge on any atom is -0.490 e. The van der Waals surface area contributed by atoms with Crippen LogP contribution in [0, 0.1) is 0 Å². The molecular weight excluding hydrogens is 368 g/mol. The summed E-state index contributed by atoms with van der Waals surface area (Å²) in [4.78, 5) is 26.1. The SMILES string of the molecule is CC(=O)N1CCc2cc(C(=O)Nc3cc4c(cc3Cl)OCCCO4)ccc21. The molecule has 7 heteroatoms. The molecule has 0 aliphatic carbocycles. The van der Waals surface area contributed by atoms with E-state index in [2.05, 4.69) is 5.32 Å². The third-order valence-electron chi connectivity index (χ3n) is 4.70. The molecule has 4 rings (SSSR count). The van der Waals surface area contributed by atoms with Gasteiger partial charge in [-0.15, -0.1) is 0 Å². The van der Waals surface area contributed by atoms with Crippen LogP contribution in [0.25, 0.3) is 0 Å². The van der Waals surface area contributed by atoms with Crippen LogP contribution in [0.15, 0.2) is 30.3 Å². The van der Waals surface area contributed by atoms with Crippen LogP contribution in [-0.2, 0) is 11.2 Å². The number of rotatable bonds is 2. The summed E-state index contributed by atoms with van der Waals surface area (Å²) in [5.74, 6) is 0.885. The van der Waals surface area contributed by atoms with Crippen molar-refractivity contribution in [3.05, 3.63) is 46.5 Å². The van der Waals surface area contributed by atoms with Crippen LogP contribution in [-0.4, -0.2) is 31.6 Å². The second-order valence-electron chi connectivity index (χ2n) is 6.55. The molecule has 0 saturated carbocycles. The van der Waals surface area contributed by atoms with E-state index in [0.29, 0.717) is 47.5 Å². The van der Waals surface area contributed by atoms with Crippen molar-refractivity contribution in [1.29, 1.82) is 0 Å². The van der Waals surface area contributed by atoms with Gasteiger partial charge in [0, 0.05) is 43.3 Å². The number of ether oxygens (including phenoxy) is 2. The first-order valence-corrected chi connectivity index (χ1v) is 9.22. The van der Waals surface area contributed by atoms with Crippen LogP contribution in [0.4, 0.5) is 11.4 Å². The van der Waals surface area contributed by atoms with E-state index < -0.39 is 0 Å². The van der Waals surface area contributed by atoms with Crippen molar-refractivity contribution in [3.8, 4) is 11.5 Å². The van der Waals surface area contributed by atoms with Crippen LogP contribution < -0.4 is 19.7 Å². The predicted molar refractivity (Wildman–Crippen MR) is 103 cm³/mol. The summed E-state index contributed by atoms with van der Waals surface area (Å²) in [5, 5.41) is 3.22. The highest BCUT2D eigenvalue weighted by Gasteiger charge is 2.23. The molecule has 2 aliphatic heterocycles. The topological polar surface area (TPSA) is 67.9 Å². The van der Waals surface area contributed by atoms with Crippen LogP contribution in [0.1, 0.15) is 29.3 Å². The lowest BCUT2D eigenvalue weighted by atomic mass is 10.1. The van der Waals surface area contributed by atoms with E-state index in [4.69, 9.17) is 21.1 Å². The first kappa shape index (κ1) is 17.7. The van der Waals surface area contributed by atoms with E-state index in [0.717, 1.165) is 24.1 Å². The lowest BCUT2D eigenvalue weighted by Crippen LogP contribution is -2.25. The number of hydrogen-bond acceptors (Lipinski definition) is 4. The van der Waals surface area contributed by atoms with E-state index in [-0.39, 0.29) is 11.8 Å². The van der Waals surface area contributed by atoms with Crippen LogP contribution in [0.3, 0.4) is 0 Å². The van der Waals surface area contributed by atoms with Crippen LogP contribution >= 0.6 is 11.6 Å². The van der Waals surface area contributed by atoms with Crippen molar-refractivity contribution < 1.29 is 19.1 Å². The van der Waals surface area contributed by atoms with E-state index in [1.54, 1.807) is 30.0 Å². The monoisotopic (exact) mass is 386 g/mol. The van der Waals surface area contributed by atoms with Crippen molar-refractivity contribution in [2.24, 2.45) is 0 Å². The number of benzene rings is 2. The number of amides is 2. The molecule has 2 aliphatic rings. The van der Waals surface area contributed by atoms with Gasteiger partial charge in [-0.05, 0) is 30.2 Å². The molecule has 0 spiro atoms. The van der Waals surface area contributed by atoms with Gasteiger partial charge in [-0.2, -0.15) is 0 Å². The molecule has 2 aromatic rings. The van der Waals surface area contributed by atoms with Gasteiger partial charge in [-0.3, -0.25) is 9.59 Å². The highest BCUT2D eigenvalue weighted by atomic mass is 35.5. The molecule has 140 valence electrons. The highest BCUT2D eigenvalue weighted by molar-refractivity contribution is 6.34. The average Bonchev–Trinajstić information content (AvgIpc) is 2.95. The molecule has 2 aromatic carbocycles. The van der Waals surface area contributed by atoms with Gasteiger partial charge in [0.1, 0.15) is 0 Å². The number of hydrogen-bond donors (Lipinski definition) is 1. The number of nitrogens with one attached hydrogen (secondary N) is 1. The first-order valence-electron chi connectivity index (χ1n) is 8.84. The predicted octanol–water partition coefficient (Wildman–Crippen LogP) is 3.66. The summed E-state index contributed by atoms with van der Waals surface area (Å²) >= 11 is 6.30. The normalized spacial score (nSPS) is 15.1. The Balaban J connectivity index is 1.56. The van der Waals surface area contributed by atoms with Gasteiger partial charge in [0.25, 0.3) is 5.91 Å². The smallest absolute Gasteiger partial charge is 0.255 e. The quantitative estimate of drug-likeness (QED) is 0.855. The Morgan fingerprint density at radius 2 is 1.85 bits per heavy atom. The summed E-state index contributed by atoms with van der Waals surface area (Å²) in [7, 11) is 0. The average molecular weight is 387 g/mol. The second kappa shape index (κ2) is 7.12. The lowest BCUT2D eigenvalue weighted by molar-refractivity contribution is -0.116. The van der Waals surface area contributed by atoms with E-state index in [9.17, 15) is 9.59 Å². The molecule has 2 heterocycles. The Morgan fingerprint density at radius 3 is 2.59 bits per heavy atom. The van der Waals surface area contributed by atoms with E-state index >= 15 is 0 Å². The maximum absolute atomic E-state index is 12.7. The zero-order valence-electron chi connectivity index (χ0n) is 14.9. The van der Waals surface area contributed by atoms with E-state index in [1.807, 2.05) is 12.1 Å². The zero-order chi connectivity index (χ0) is 19.0. The number of carbonyl (C=O) groups excluding carboxylic acids is 2. The number of carbonyl (C=O) groups is 2. The fourth-order valence-corrected chi connectivity index (χ4v) is 3.55. The molecule has 0 unspecified atom stereocenters. The molecule has 2 amide bonds. The molecule has 6 nitrogen and oxygen atoms in total. The number of nitrogens with zero attached hydrogens (tertiary/aromatic N) is 1. The number of anilines is 2. The number of halogens is 1. The third kappa shape index (κ3) is 3.45. The molecule has 1 N–H and O–H groups in total. The fraction of sp³-hybridized carbons (Fsp3) is 0.300. The maximum atomic E-state index is 12.7.